The second-order valence-electron chi connectivity index (χ2n) is 6.22. The minimum absolute atomic E-state index is 0.0564. The van der Waals surface area contributed by atoms with Gasteiger partial charge in [-0.05, 0) is 24.5 Å². The molecule has 8 heteroatoms. The van der Waals surface area contributed by atoms with Gasteiger partial charge in [0.25, 0.3) is 5.91 Å². The monoisotopic (exact) mass is 366 g/mol. The van der Waals surface area contributed by atoms with Crippen LogP contribution in [0, 0.1) is 23.5 Å². The van der Waals surface area contributed by atoms with Gasteiger partial charge in [-0.1, -0.05) is 13.0 Å². The smallest absolute Gasteiger partial charge is 0.308 e. The second-order valence-corrected chi connectivity index (χ2v) is 7.08. The third-order valence-corrected chi connectivity index (χ3v) is 5.06. The van der Waals surface area contributed by atoms with E-state index in [-0.39, 0.29) is 28.7 Å². The lowest BCUT2D eigenvalue weighted by Gasteiger charge is -2.34. The number of amides is 1. The van der Waals surface area contributed by atoms with Crippen molar-refractivity contribution >= 4 is 23.2 Å². The van der Waals surface area contributed by atoms with E-state index >= 15 is 0 Å². The molecule has 0 saturated carbocycles. The van der Waals surface area contributed by atoms with Crippen LogP contribution in [-0.4, -0.2) is 40.0 Å². The highest BCUT2D eigenvalue weighted by Gasteiger charge is 2.33. The van der Waals surface area contributed by atoms with E-state index in [1.54, 1.807) is 0 Å². The van der Waals surface area contributed by atoms with Crippen LogP contribution >= 0.6 is 11.3 Å². The zero-order valence-corrected chi connectivity index (χ0v) is 14.2. The number of likely N-dealkylation sites (tertiary alicyclic amines) is 1. The van der Waals surface area contributed by atoms with Crippen molar-refractivity contribution in [2.24, 2.45) is 11.8 Å². The topological polar surface area (TPSA) is 70.5 Å². The number of halogens is 2. The molecule has 0 aliphatic carbocycles. The molecule has 0 spiro atoms. The average Bonchev–Trinajstić information content (AvgIpc) is 3.03. The van der Waals surface area contributed by atoms with Crippen LogP contribution in [0.3, 0.4) is 0 Å². The van der Waals surface area contributed by atoms with E-state index in [9.17, 15) is 23.5 Å². The van der Waals surface area contributed by atoms with Crippen molar-refractivity contribution in [2.45, 2.75) is 13.3 Å². The molecule has 5 nitrogen and oxygen atoms in total. The lowest BCUT2D eigenvalue weighted by molar-refractivity contribution is -0.143. The summed E-state index contributed by atoms with van der Waals surface area (Å²) in [5.74, 6) is -3.40. The van der Waals surface area contributed by atoms with Crippen molar-refractivity contribution in [3.8, 4) is 10.6 Å². The molecule has 25 heavy (non-hydrogen) atoms. The molecule has 132 valence electrons. The molecule has 0 radical (unpaired) electrons. The average molecular weight is 366 g/mol. The molecular weight excluding hydrogens is 350 g/mol. The van der Waals surface area contributed by atoms with Gasteiger partial charge in [0, 0.05) is 18.5 Å². The summed E-state index contributed by atoms with van der Waals surface area (Å²) < 4.78 is 27.7. The lowest BCUT2D eigenvalue weighted by atomic mass is 9.90. The van der Waals surface area contributed by atoms with E-state index in [4.69, 9.17) is 0 Å². The molecule has 3 rings (SSSR count). The number of hydrogen-bond acceptors (Lipinski definition) is 4. The molecule has 1 amide bonds. The van der Waals surface area contributed by atoms with Crippen LogP contribution in [0.15, 0.2) is 23.6 Å². The number of carbonyl (C=O) groups excluding carboxylic acids is 1. The van der Waals surface area contributed by atoms with Crippen LogP contribution in [0.5, 0.6) is 0 Å². The first kappa shape index (κ1) is 17.5. The molecule has 2 heterocycles. The van der Waals surface area contributed by atoms with Crippen molar-refractivity contribution < 1.29 is 23.5 Å². The molecule has 1 aromatic carbocycles. The number of thiazole rings is 1. The van der Waals surface area contributed by atoms with Crippen molar-refractivity contribution in [3.63, 3.8) is 0 Å². The van der Waals surface area contributed by atoms with E-state index < -0.39 is 29.4 Å². The highest BCUT2D eigenvalue weighted by atomic mass is 32.1. The maximum atomic E-state index is 13.9. The quantitative estimate of drug-likeness (QED) is 0.905. The van der Waals surface area contributed by atoms with Crippen LogP contribution in [0.2, 0.25) is 0 Å². The first-order chi connectivity index (χ1) is 11.9. The molecule has 1 aliphatic rings. The summed E-state index contributed by atoms with van der Waals surface area (Å²) in [6, 6.07) is 3.52. The number of carbonyl (C=O) groups is 2. The third-order valence-electron chi connectivity index (χ3n) is 4.20. The van der Waals surface area contributed by atoms with Gasteiger partial charge in [0.05, 0.1) is 11.5 Å². The molecule has 1 aromatic heterocycles. The predicted molar refractivity (Wildman–Crippen MR) is 88.3 cm³/mol. The van der Waals surface area contributed by atoms with Crippen LogP contribution in [0.1, 0.15) is 23.8 Å². The van der Waals surface area contributed by atoms with Crippen LogP contribution in [0.25, 0.3) is 10.6 Å². The molecule has 2 unspecified atom stereocenters. The summed E-state index contributed by atoms with van der Waals surface area (Å²) in [6.07, 6.45) is 0.516. The molecule has 2 atom stereocenters. The molecule has 0 bridgehead atoms. The van der Waals surface area contributed by atoms with E-state index in [0.29, 0.717) is 13.0 Å². The number of piperidine rings is 1. The first-order valence-corrected chi connectivity index (χ1v) is 8.66. The maximum Gasteiger partial charge on any atom is 0.308 e. The fourth-order valence-corrected chi connectivity index (χ4v) is 3.89. The summed E-state index contributed by atoms with van der Waals surface area (Å²) in [5.41, 5.74) is -0.192. The minimum Gasteiger partial charge on any atom is -0.481 e. The van der Waals surface area contributed by atoms with Gasteiger partial charge in [0.2, 0.25) is 0 Å². The summed E-state index contributed by atoms with van der Waals surface area (Å²) in [5, 5.41) is 10.7. The Morgan fingerprint density at radius 2 is 1.96 bits per heavy atom. The molecule has 1 saturated heterocycles. The van der Waals surface area contributed by atoms with Crippen LogP contribution in [-0.2, 0) is 4.79 Å². The lowest BCUT2D eigenvalue weighted by Crippen LogP contribution is -2.45. The van der Waals surface area contributed by atoms with Gasteiger partial charge in [-0.25, -0.2) is 13.8 Å². The number of aliphatic carboxylic acids is 1. The Bertz CT molecular complexity index is 804. The molecule has 1 fully saturated rings. The van der Waals surface area contributed by atoms with Gasteiger partial charge < -0.3 is 10.0 Å². The zero-order chi connectivity index (χ0) is 18.1. The van der Waals surface area contributed by atoms with Gasteiger partial charge in [-0.2, -0.15) is 0 Å². The molecular formula is C17H16F2N2O3S. The Hall–Kier alpha value is -2.35. The highest BCUT2D eigenvalue weighted by Crippen LogP contribution is 2.30. The Morgan fingerprint density at radius 1 is 1.28 bits per heavy atom. The maximum absolute atomic E-state index is 13.9. The van der Waals surface area contributed by atoms with Gasteiger partial charge in [-0.15, -0.1) is 11.3 Å². The van der Waals surface area contributed by atoms with E-state index in [2.05, 4.69) is 4.98 Å². The fourth-order valence-electron chi connectivity index (χ4n) is 3.05. The van der Waals surface area contributed by atoms with Crippen LogP contribution < -0.4 is 0 Å². The summed E-state index contributed by atoms with van der Waals surface area (Å²) >= 11 is 0.976. The standard InChI is InChI=1S/C17H16F2N2O3S/c1-9-5-10(17(23)24)7-21(6-9)16(22)13-8-25-15(20-13)14-11(18)3-2-4-12(14)19/h2-4,8-10H,5-7H2,1H3,(H,23,24). The van der Waals surface area contributed by atoms with Crippen molar-refractivity contribution in [1.29, 1.82) is 0 Å². The predicted octanol–water partition coefficient (Wildman–Crippen LogP) is 3.27. The Balaban J connectivity index is 1.84. The van der Waals surface area contributed by atoms with Gasteiger partial charge in [0.15, 0.2) is 0 Å². The Kier molecular flexibility index (Phi) is 4.80. The third kappa shape index (κ3) is 3.53. The van der Waals surface area contributed by atoms with E-state index in [1.165, 1.54) is 16.3 Å². The zero-order valence-electron chi connectivity index (χ0n) is 13.4. The Labute approximate surface area is 146 Å². The van der Waals surface area contributed by atoms with Gasteiger partial charge in [0.1, 0.15) is 22.3 Å². The number of hydrogen-bond donors (Lipinski definition) is 1. The first-order valence-electron chi connectivity index (χ1n) is 7.78. The van der Waals surface area contributed by atoms with Crippen molar-refractivity contribution in [1.82, 2.24) is 9.88 Å². The van der Waals surface area contributed by atoms with E-state index in [1.807, 2.05) is 6.92 Å². The number of nitrogens with zero attached hydrogens (tertiary/aromatic N) is 2. The summed E-state index contributed by atoms with van der Waals surface area (Å²) in [6.45, 7) is 2.43. The van der Waals surface area contributed by atoms with E-state index in [0.717, 1.165) is 23.5 Å². The summed E-state index contributed by atoms with van der Waals surface area (Å²) in [4.78, 5) is 29.4. The molecule has 2 aromatic rings. The number of carboxylic acid groups (broad SMARTS) is 1. The highest BCUT2D eigenvalue weighted by molar-refractivity contribution is 7.13. The van der Waals surface area contributed by atoms with Gasteiger partial charge in [-0.3, -0.25) is 9.59 Å². The number of benzene rings is 1. The number of carboxylic acids is 1. The summed E-state index contributed by atoms with van der Waals surface area (Å²) in [7, 11) is 0. The minimum atomic E-state index is -0.934. The number of aromatic nitrogens is 1. The SMILES string of the molecule is CC1CC(C(=O)O)CN(C(=O)c2csc(-c3c(F)cccc3F)n2)C1. The molecule has 1 N–H and O–H groups in total. The van der Waals surface area contributed by atoms with Crippen LogP contribution in [0.4, 0.5) is 8.78 Å². The largest absolute Gasteiger partial charge is 0.481 e. The second kappa shape index (κ2) is 6.87. The van der Waals surface area contributed by atoms with Crippen molar-refractivity contribution in [2.75, 3.05) is 13.1 Å². The Morgan fingerprint density at radius 3 is 2.60 bits per heavy atom. The fraction of sp³-hybridized carbons (Fsp3) is 0.353. The molecule has 1 aliphatic heterocycles. The normalized spacial score (nSPS) is 20.5. The van der Waals surface area contributed by atoms with Gasteiger partial charge >= 0.3 is 5.97 Å². The van der Waals surface area contributed by atoms with Crippen molar-refractivity contribution in [3.05, 3.63) is 40.9 Å². The number of rotatable bonds is 3.